The van der Waals surface area contributed by atoms with Crippen LogP contribution in [0.5, 0.6) is 0 Å². The summed E-state index contributed by atoms with van der Waals surface area (Å²) in [4.78, 5) is 0. The van der Waals surface area contributed by atoms with Crippen LogP contribution >= 0.6 is 0 Å². The fourth-order valence-corrected chi connectivity index (χ4v) is 2.17. The smallest absolute Gasteiger partial charge is 0.0991 e. The number of fused-ring (bicyclic) bond motifs is 1. The van der Waals surface area contributed by atoms with E-state index in [2.05, 4.69) is 29.8 Å². The summed E-state index contributed by atoms with van der Waals surface area (Å²) in [6, 6.07) is 10.2. The molecule has 0 N–H and O–H groups in total. The van der Waals surface area contributed by atoms with Crippen molar-refractivity contribution in [1.82, 2.24) is 4.57 Å². The van der Waals surface area contributed by atoms with Crippen LogP contribution in [-0.4, -0.2) is 4.57 Å². The molecule has 0 aliphatic carbocycles. The highest BCUT2D eigenvalue weighted by atomic mass is 14.9. The van der Waals surface area contributed by atoms with Crippen LogP contribution < -0.4 is 0 Å². The lowest BCUT2D eigenvalue weighted by Crippen LogP contribution is -1.95. The Morgan fingerprint density at radius 2 is 2.06 bits per heavy atom. The Morgan fingerprint density at radius 1 is 1.18 bits per heavy atom. The van der Waals surface area contributed by atoms with Crippen molar-refractivity contribution >= 4 is 10.9 Å². The fourth-order valence-electron chi connectivity index (χ4n) is 2.17. The largest absolute Gasteiger partial charge is 0.347 e. The molecule has 0 atom stereocenters. The van der Waals surface area contributed by atoms with Gasteiger partial charge in [-0.3, -0.25) is 0 Å². The molecule has 0 fully saturated rings. The first-order chi connectivity index (χ1) is 8.35. The Bertz CT molecular complexity index is 531. The lowest BCUT2D eigenvalue weighted by Gasteiger charge is -2.05. The van der Waals surface area contributed by atoms with Crippen molar-refractivity contribution in [2.24, 2.45) is 0 Å². The lowest BCUT2D eigenvalue weighted by molar-refractivity contribution is 0.593. The van der Waals surface area contributed by atoms with Gasteiger partial charge in [0.2, 0.25) is 0 Å². The van der Waals surface area contributed by atoms with Gasteiger partial charge in [-0.05, 0) is 30.7 Å². The van der Waals surface area contributed by atoms with Gasteiger partial charge in [0.05, 0.1) is 11.6 Å². The predicted molar refractivity (Wildman–Crippen MR) is 70.8 cm³/mol. The maximum atomic E-state index is 8.85. The highest BCUT2D eigenvalue weighted by Gasteiger charge is 2.01. The normalized spacial score (nSPS) is 10.6. The van der Waals surface area contributed by atoms with Crippen molar-refractivity contribution < 1.29 is 0 Å². The number of hydrogen-bond acceptors (Lipinski definition) is 1. The molecule has 88 valence electrons. The second-order valence-electron chi connectivity index (χ2n) is 4.46. The van der Waals surface area contributed by atoms with Crippen molar-refractivity contribution in [2.75, 3.05) is 0 Å². The van der Waals surface area contributed by atoms with Crippen LogP contribution in [0.3, 0.4) is 0 Å². The van der Waals surface area contributed by atoms with Gasteiger partial charge >= 0.3 is 0 Å². The Kier molecular flexibility index (Phi) is 3.82. The zero-order valence-corrected chi connectivity index (χ0v) is 10.3. The number of unbranched alkanes of at least 4 members (excludes halogenated alkanes) is 3. The summed E-state index contributed by atoms with van der Waals surface area (Å²) in [5.74, 6) is 0. The van der Waals surface area contributed by atoms with Gasteiger partial charge in [0.15, 0.2) is 0 Å². The van der Waals surface area contributed by atoms with E-state index in [0.717, 1.165) is 12.1 Å². The van der Waals surface area contributed by atoms with Crippen molar-refractivity contribution in [2.45, 2.75) is 39.2 Å². The summed E-state index contributed by atoms with van der Waals surface area (Å²) in [5, 5.41) is 10.0. The van der Waals surface area contributed by atoms with Crippen LogP contribution in [0.15, 0.2) is 30.5 Å². The first-order valence-electron chi connectivity index (χ1n) is 6.34. The molecule has 1 heterocycles. The molecule has 0 saturated heterocycles. The van der Waals surface area contributed by atoms with Gasteiger partial charge < -0.3 is 4.57 Å². The minimum atomic E-state index is 0.737. The van der Waals surface area contributed by atoms with Gasteiger partial charge in [0, 0.05) is 23.6 Å². The summed E-state index contributed by atoms with van der Waals surface area (Å²) < 4.78 is 2.28. The minimum absolute atomic E-state index is 0.737. The third kappa shape index (κ3) is 2.68. The van der Waals surface area contributed by atoms with E-state index in [0.29, 0.717) is 0 Å². The molecule has 2 aromatic rings. The molecule has 17 heavy (non-hydrogen) atoms. The molecule has 2 rings (SSSR count). The third-order valence-electron chi connectivity index (χ3n) is 3.15. The van der Waals surface area contributed by atoms with Crippen molar-refractivity contribution in [1.29, 1.82) is 5.26 Å². The second-order valence-corrected chi connectivity index (χ2v) is 4.46. The fraction of sp³-hybridized carbons (Fsp3) is 0.400. The molecule has 0 unspecified atom stereocenters. The van der Waals surface area contributed by atoms with E-state index in [1.54, 1.807) is 0 Å². The number of aromatic nitrogens is 1. The molecule has 1 aromatic heterocycles. The van der Waals surface area contributed by atoms with E-state index in [1.807, 2.05) is 18.2 Å². The molecular weight excluding hydrogens is 208 g/mol. The van der Waals surface area contributed by atoms with Crippen LogP contribution in [0.25, 0.3) is 10.9 Å². The molecule has 0 amide bonds. The number of hydrogen-bond donors (Lipinski definition) is 0. The average Bonchev–Trinajstić information content (AvgIpc) is 2.77. The van der Waals surface area contributed by atoms with E-state index in [-0.39, 0.29) is 0 Å². The average molecular weight is 226 g/mol. The molecule has 2 nitrogen and oxygen atoms in total. The van der Waals surface area contributed by atoms with Gasteiger partial charge in [0.25, 0.3) is 0 Å². The third-order valence-corrected chi connectivity index (χ3v) is 3.15. The lowest BCUT2D eigenvalue weighted by atomic mass is 10.2. The van der Waals surface area contributed by atoms with Crippen LogP contribution in [0.4, 0.5) is 0 Å². The first-order valence-corrected chi connectivity index (χ1v) is 6.34. The summed E-state index contributed by atoms with van der Waals surface area (Å²) in [7, 11) is 0. The first kappa shape index (κ1) is 11.7. The molecule has 1 aromatic carbocycles. The van der Waals surface area contributed by atoms with Gasteiger partial charge in [0.1, 0.15) is 0 Å². The Morgan fingerprint density at radius 3 is 2.82 bits per heavy atom. The molecule has 0 aliphatic heterocycles. The summed E-state index contributed by atoms with van der Waals surface area (Å²) in [6.07, 6.45) is 7.25. The van der Waals surface area contributed by atoms with Crippen molar-refractivity contribution in [3.8, 4) is 6.07 Å². The number of benzene rings is 1. The Labute approximate surface area is 102 Å². The number of aryl methyl sites for hydroxylation is 1. The maximum absolute atomic E-state index is 8.85. The second kappa shape index (κ2) is 5.54. The van der Waals surface area contributed by atoms with Gasteiger partial charge in [-0.2, -0.15) is 5.26 Å². The molecule has 0 saturated carbocycles. The molecular formula is C15H18N2. The standard InChI is InChI=1S/C15H18N2/c1-2-3-4-5-9-17-10-8-14-11-13(12-16)6-7-15(14)17/h6-8,10-11H,2-5,9H2,1H3. The topological polar surface area (TPSA) is 28.7 Å². The number of nitrogens with zero attached hydrogens (tertiary/aromatic N) is 2. The Hall–Kier alpha value is -1.75. The monoisotopic (exact) mass is 226 g/mol. The molecule has 0 radical (unpaired) electrons. The van der Waals surface area contributed by atoms with E-state index in [9.17, 15) is 0 Å². The van der Waals surface area contributed by atoms with E-state index >= 15 is 0 Å². The minimum Gasteiger partial charge on any atom is -0.347 e. The molecule has 0 aliphatic rings. The Balaban J connectivity index is 2.11. The van der Waals surface area contributed by atoms with Crippen LogP contribution in [0.1, 0.15) is 38.2 Å². The summed E-state index contributed by atoms with van der Waals surface area (Å²) in [6.45, 7) is 3.31. The van der Waals surface area contributed by atoms with Crippen LogP contribution in [-0.2, 0) is 6.54 Å². The maximum Gasteiger partial charge on any atom is 0.0991 e. The van der Waals surface area contributed by atoms with E-state index < -0.39 is 0 Å². The SMILES string of the molecule is CCCCCCn1ccc2cc(C#N)ccc21. The zero-order valence-electron chi connectivity index (χ0n) is 10.3. The van der Waals surface area contributed by atoms with Gasteiger partial charge in [-0.25, -0.2) is 0 Å². The molecule has 0 bridgehead atoms. The van der Waals surface area contributed by atoms with Gasteiger partial charge in [-0.1, -0.05) is 26.2 Å². The number of nitriles is 1. The zero-order chi connectivity index (χ0) is 12.1. The van der Waals surface area contributed by atoms with Gasteiger partial charge in [-0.15, -0.1) is 0 Å². The highest BCUT2D eigenvalue weighted by Crippen LogP contribution is 2.18. The molecule has 0 spiro atoms. The summed E-state index contributed by atoms with van der Waals surface area (Å²) in [5.41, 5.74) is 1.97. The predicted octanol–water partition coefficient (Wildman–Crippen LogP) is 4.09. The van der Waals surface area contributed by atoms with E-state index in [1.165, 1.54) is 36.6 Å². The van der Waals surface area contributed by atoms with Crippen molar-refractivity contribution in [3.05, 3.63) is 36.0 Å². The van der Waals surface area contributed by atoms with Crippen molar-refractivity contribution in [3.63, 3.8) is 0 Å². The quantitative estimate of drug-likeness (QED) is 0.706. The van der Waals surface area contributed by atoms with Crippen LogP contribution in [0, 0.1) is 11.3 Å². The highest BCUT2D eigenvalue weighted by molar-refractivity contribution is 5.81. The van der Waals surface area contributed by atoms with E-state index in [4.69, 9.17) is 5.26 Å². The van der Waals surface area contributed by atoms with Crippen LogP contribution in [0.2, 0.25) is 0 Å². The number of rotatable bonds is 5. The summed E-state index contributed by atoms with van der Waals surface area (Å²) >= 11 is 0. The molecule has 2 heteroatoms.